The predicted molar refractivity (Wildman–Crippen MR) is 224 cm³/mol. The molecule has 57 heavy (non-hydrogen) atoms. The summed E-state index contributed by atoms with van der Waals surface area (Å²) in [5.74, 6) is -0.123. The summed E-state index contributed by atoms with van der Waals surface area (Å²) in [7, 11) is 1.97. The maximum absolute atomic E-state index is 14.7. The number of fused-ring (bicyclic) bond motifs is 1. The number of likely N-dealkylation sites (N-methyl/N-ethyl adjacent to an activating group) is 1. The normalized spacial score (nSPS) is 18.0. The summed E-state index contributed by atoms with van der Waals surface area (Å²) >= 11 is 0. The Morgan fingerprint density at radius 3 is 2.44 bits per heavy atom. The highest BCUT2D eigenvalue weighted by atomic mass is 16.3. The number of rotatable bonds is 16. The van der Waals surface area contributed by atoms with Gasteiger partial charge in [-0.05, 0) is 51.9 Å². The Hall–Kier alpha value is -5.76. The van der Waals surface area contributed by atoms with Crippen molar-refractivity contribution < 1.29 is 19.5 Å². The van der Waals surface area contributed by atoms with Gasteiger partial charge in [-0.25, -0.2) is 10.4 Å². The van der Waals surface area contributed by atoms with Crippen molar-refractivity contribution in [3.8, 4) is 5.75 Å². The largest absolute Gasteiger partial charge is 0.508 e. The number of nitrogens with zero attached hydrogens (tertiary/aromatic N) is 4. The number of carbonyl (C=O) groups excluding carboxylic acids is 3. The minimum Gasteiger partial charge on any atom is -0.508 e. The highest BCUT2D eigenvalue weighted by molar-refractivity contribution is 5.99. The molecule has 1 saturated heterocycles. The van der Waals surface area contributed by atoms with Crippen molar-refractivity contribution >= 4 is 34.9 Å². The van der Waals surface area contributed by atoms with E-state index in [9.17, 15) is 19.5 Å². The highest BCUT2D eigenvalue weighted by Gasteiger charge is 2.44. The molecule has 6 rings (SSSR count). The molecule has 1 fully saturated rings. The lowest BCUT2D eigenvalue weighted by molar-refractivity contribution is -0.158. The Morgan fingerprint density at radius 2 is 1.74 bits per heavy atom. The zero-order valence-electron chi connectivity index (χ0n) is 33.3. The Bertz CT molecular complexity index is 2000. The second-order valence-electron chi connectivity index (χ2n) is 15.9. The number of pyridine rings is 1. The van der Waals surface area contributed by atoms with E-state index in [0.29, 0.717) is 25.3 Å². The maximum atomic E-state index is 14.7. The first-order valence-corrected chi connectivity index (χ1v) is 19.5. The Balaban J connectivity index is 1.24. The third-order valence-corrected chi connectivity index (χ3v) is 10.2. The summed E-state index contributed by atoms with van der Waals surface area (Å²) in [5, 5.41) is 19.5. The minimum atomic E-state index is -0.839. The van der Waals surface area contributed by atoms with Gasteiger partial charge in [0.15, 0.2) is 0 Å². The number of piperazine rings is 1. The van der Waals surface area contributed by atoms with E-state index in [1.165, 1.54) is 0 Å². The minimum absolute atomic E-state index is 0.0248. The van der Waals surface area contributed by atoms with E-state index in [1.54, 1.807) is 46.3 Å². The molecule has 1 aromatic heterocycles. The highest BCUT2D eigenvalue weighted by Crippen LogP contribution is 2.39. The van der Waals surface area contributed by atoms with Crippen molar-refractivity contribution in [1.29, 1.82) is 0 Å². The fourth-order valence-electron chi connectivity index (χ4n) is 7.36. The molecule has 3 amide bonds. The fraction of sp³-hybridized carbons (Fsp3) is 0.364. The van der Waals surface area contributed by atoms with E-state index in [0.717, 1.165) is 40.3 Å². The smallest absolute Gasteiger partial charge is 0.246 e. The average Bonchev–Trinajstić information content (AvgIpc) is 3.54. The number of phenolic OH excluding ortho intramolecular Hbond substituents is 1. The number of phenols is 1. The van der Waals surface area contributed by atoms with E-state index in [2.05, 4.69) is 64.0 Å². The van der Waals surface area contributed by atoms with E-state index in [-0.39, 0.29) is 54.9 Å². The fourth-order valence-corrected chi connectivity index (χ4v) is 7.36. The van der Waals surface area contributed by atoms with Crippen LogP contribution in [0.2, 0.25) is 0 Å². The monoisotopic (exact) mass is 773 g/mol. The molecule has 3 unspecified atom stereocenters. The van der Waals surface area contributed by atoms with Crippen molar-refractivity contribution in [1.82, 2.24) is 31.0 Å². The molecule has 2 aliphatic heterocycles. The van der Waals surface area contributed by atoms with Gasteiger partial charge in [0.1, 0.15) is 23.8 Å². The Kier molecular flexibility index (Phi) is 13.2. The van der Waals surface area contributed by atoms with Crippen LogP contribution < -0.4 is 31.7 Å². The van der Waals surface area contributed by atoms with Crippen LogP contribution >= 0.6 is 0 Å². The van der Waals surface area contributed by atoms with Gasteiger partial charge in [0.25, 0.3) is 0 Å². The average molecular weight is 774 g/mol. The molecule has 3 atom stereocenters. The zero-order valence-corrected chi connectivity index (χ0v) is 33.3. The molecule has 13 heteroatoms. The topological polar surface area (TPSA) is 154 Å². The third-order valence-electron chi connectivity index (χ3n) is 10.2. The number of amides is 3. The Labute approximate surface area is 335 Å². The molecular weight excluding hydrogens is 719 g/mol. The molecule has 300 valence electrons. The SMILES string of the molecule is C=CCNCC(=O)N1C(NNCc2ccccc2)CN(Cc2cccc3c2N(C)CC3C(=O)Nc2ccc(NCC(C)(C)C)nc2)C(=O)C1Cc1ccc(O)cc1. The van der Waals surface area contributed by atoms with Crippen LogP contribution in [0.15, 0.2) is 104 Å². The first-order chi connectivity index (χ1) is 27.4. The van der Waals surface area contributed by atoms with Crippen LogP contribution in [0, 0.1) is 5.41 Å². The molecule has 3 aromatic carbocycles. The Morgan fingerprint density at radius 1 is 0.965 bits per heavy atom. The number of anilines is 3. The molecule has 6 N–H and O–H groups in total. The van der Waals surface area contributed by atoms with Crippen molar-refractivity contribution in [3.63, 3.8) is 0 Å². The lowest BCUT2D eigenvalue weighted by Gasteiger charge is -2.46. The molecule has 3 heterocycles. The van der Waals surface area contributed by atoms with Gasteiger partial charge >= 0.3 is 0 Å². The molecule has 0 radical (unpaired) electrons. The predicted octanol–water partition coefficient (Wildman–Crippen LogP) is 4.60. The van der Waals surface area contributed by atoms with Crippen LogP contribution in [-0.4, -0.2) is 89.6 Å². The van der Waals surface area contributed by atoms with Crippen molar-refractivity contribution in [2.24, 2.45) is 5.41 Å². The van der Waals surface area contributed by atoms with Crippen molar-refractivity contribution in [2.45, 2.75) is 58.4 Å². The number of benzene rings is 3. The second-order valence-corrected chi connectivity index (χ2v) is 15.9. The number of para-hydroxylation sites is 1. The van der Waals surface area contributed by atoms with Crippen molar-refractivity contribution in [3.05, 3.63) is 126 Å². The molecule has 0 saturated carbocycles. The van der Waals surface area contributed by atoms with Gasteiger partial charge in [0.2, 0.25) is 17.7 Å². The van der Waals surface area contributed by atoms with Gasteiger partial charge in [-0.1, -0.05) is 87.5 Å². The van der Waals surface area contributed by atoms with E-state index in [1.807, 2.05) is 67.7 Å². The first-order valence-electron chi connectivity index (χ1n) is 19.5. The number of carbonyl (C=O) groups is 3. The number of hydrogen-bond acceptors (Lipinski definition) is 10. The summed E-state index contributed by atoms with van der Waals surface area (Å²) in [4.78, 5) is 52.4. The number of nitrogens with one attached hydrogen (secondary N) is 5. The van der Waals surface area contributed by atoms with Gasteiger partial charge < -0.3 is 35.8 Å². The van der Waals surface area contributed by atoms with Gasteiger partial charge in [0, 0.05) is 51.9 Å². The quantitative estimate of drug-likeness (QED) is 0.0542. The molecule has 0 aliphatic carbocycles. The van der Waals surface area contributed by atoms with Crippen LogP contribution in [0.3, 0.4) is 0 Å². The number of aromatic nitrogens is 1. The van der Waals surface area contributed by atoms with Crippen LogP contribution in [0.5, 0.6) is 5.75 Å². The number of hydrogen-bond donors (Lipinski definition) is 6. The van der Waals surface area contributed by atoms with Crippen LogP contribution in [-0.2, 0) is 33.9 Å². The molecule has 0 spiro atoms. The maximum Gasteiger partial charge on any atom is 0.246 e. The number of aromatic hydroxyl groups is 1. The molecular formula is C44H55N9O4. The molecule has 13 nitrogen and oxygen atoms in total. The van der Waals surface area contributed by atoms with Gasteiger partial charge in [-0.2, -0.15) is 0 Å². The van der Waals surface area contributed by atoms with E-state index >= 15 is 0 Å². The van der Waals surface area contributed by atoms with E-state index < -0.39 is 18.1 Å². The summed E-state index contributed by atoms with van der Waals surface area (Å²) < 4.78 is 0. The van der Waals surface area contributed by atoms with Gasteiger partial charge in [-0.3, -0.25) is 19.8 Å². The standard InChI is InChI=1S/C44H55N9O4/c1-6-21-45-25-40(55)53-37(22-30-15-18-34(54)19-16-30)43(57)52(28-39(53)50-48-23-31-11-8-7-9-12-31)26-32-13-10-14-35-36(27-51(5)41(32)35)42(56)49-33-17-20-38(46-24-33)47-29-44(2,3)4/h6-20,24,36-37,39,45,48,50,54H,1,21-23,25-29H2,2-5H3,(H,46,47)(H,49,56). The molecule has 4 aromatic rings. The lowest BCUT2D eigenvalue weighted by atomic mass is 9.96. The van der Waals surface area contributed by atoms with Crippen LogP contribution in [0.1, 0.15) is 48.9 Å². The summed E-state index contributed by atoms with van der Waals surface area (Å²) in [5.41, 5.74) is 12.0. The summed E-state index contributed by atoms with van der Waals surface area (Å²) in [6.45, 7) is 12.9. The molecule has 2 aliphatic rings. The zero-order chi connectivity index (χ0) is 40.5. The van der Waals surface area contributed by atoms with Gasteiger partial charge in [-0.15, -0.1) is 6.58 Å². The number of hydrazine groups is 1. The van der Waals surface area contributed by atoms with Crippen LogP contribution in [0.25, 0.3) is 0 Å². The van der Waals surface area contributed by atoms with E-state index in [4.69, 9.17) is 0 Å². The second kappa shape index (κ2) is 18.5. The summed E-state index contributed by atoms with van der Waals surface area (Å²) in [6, 6.07) is 25.4. The first kappa shape index (κ1) is 40.9. The lowest BCUT2D eigenvalue weighted by Crippen LogP contribution is -2.70. The van der Waals surface area contributed by atoms with Crippen molar-refractivity contribution in [2.75, 3.05) is 55.3 Å². The summed E-state index contributed by atoms with van der Waals surface area (Å²) in [6.07, 6.45) is 3.02. The van der Waals surface area contributed by atoms with Gasteiger partial charge in [0.05, 0.1) is 30.9 Å². The van der Waals surface area contributed by atoms with Crippen LogP contribution in [0.4, 0.5) is 17.2 Å². The molecule has 0 bridgehead atoms. The third kappa shape index (κ3) is 10.6.